The van der Waals surface area contributed by atoms with Crippen molar-refractivity contribution in [2.75, 3.05) is 46.9 Å². The Hall–Kier alpha value is -1.79. The average Bonchev–Trinajstić information content (AvgIpc) is 2.63. The van der Waals surface area contributed by atoms with Gasteiger partial charge in [-0.1, -0.05) is 18.2 Å². The fourth-order valence-corrected chi connectivity index (χ4v) is 3.04. The van der Waals surface area contributed by atoms with Crippen molar-refractivity contribution in [2.24, 2.45) is 4.99 Å². The molecule has 0 unspecified atom stereocenters. The second-order valence-corrected chi connectivity index (χ2v) is 7.81. The summed E-state index contributed by atoms with van der Waals surface area (Å²) in [4.78, 5) is 9.35. The predicted molar refractivity (Wildman–Crippen MR) is 120 cm³/mol. The lowest BCUT2D eigenvalue weighted by atomic mass is 10.2. The maximum absolute atomic E-state index is 5.95. The second kappa shape index (κ2) is 13.4. The number of likely N-dealkylation sites (N-methyl/N-ethyl adjacent to an activating group) is 1. The quantitative estimate of drug-likeness (QED) is 0.424. The zero-order chi connectivity index (χ0) is 20.9. The first kappa shape index (κ1) is 24.2. The smallest absolute Gasteiger partial charge is 0.191 e. The van der Waals surface area contributed by atoms with Crippen LogP contribution in [0, 0.1) is 0 Å². The predicted octanol–water partition coefficient (Wildman–Crippen LogP) is 2.80. The van der Waals surface area contributed by atoms with Crippen LogP contribution in [0.3, 0.4) is 0 Å². The molecule has 2 N–H and O–H groups in total. The molecule has 6 heteroatoms. The van der Waals surface area contributed by atoms with Crippen LogP contribution in [0.2, 0.25) is 0 Å². The first-order chi connectivity index (χ1) is 13.3. The Balaban J connectivity index is 2.66. The molecule has 1 aromatic rings. The first-order valence-electron chi connectivity index (χ1n) is 10.5. The fourth-order valence-electron chi connectivity index (χ4n) is 3.04. The van der Waals surface area contributed by atoms with Gasteiger partial charge in [-0.15, -0.1) is 0 Å². The number of benzene rings is 1. The number of para-hydroxylation sites is 1. The molecular weight excluding hydrogens is 350 g/mol. The van der Waals surface area contributed by atoms with E-state index in [1.165, 1.54) is 0 Å². The summed E-state index contributed by atoms with van der Waals surface area (Å²) in [6.45, 7) is 15.9. The Kier molecular flexibility index (Phi) is 11.6. The van der Waals surface area contributed by atoms with Crippen molar-refractivity contribution in [3.05, 3.63) is 29.8 Å². The highest BCUT2D eigenvalue weighted by Crippen LogP contribution is 2.18. The largest absolute Gasteiger partial charge is 0.492 e. The third-order valence-corrected chi connectivity index (χ3v) is 4.51. The molecule has 0 aliphatic heterocycles. The van der Waals surface area contributed by atoms with E-state index in [2.05, 4.69) is 61.1 Å². The summed E-state index contributed by atoms with van der Waals surface area (Å²) in [5.41, 5.74) is 1.10. The van der Waals surface area contributed by atoms with Crippen LogP contribution in [0.4, 0.5) is 0 Å². The number of rotatable bonds is 12. The van der Waals surface area contributed by atoms with E-state index in [9.17, 15) is 0 Å². The first-order valence-corrected chi connectivity index (χ1v) is 10.5. The van der Waals surface area contributed by atoms with Crippen LogP contribution in [0.15, 0.2) is 29.3 Å². The Labute approximate surface area is 172 Å². The van der Waals surface area contributed by atoms with E-state index < -0.39 is 0 Å². The number of guanidine groups is 1. The third kappa shape index (κ3) is 9.42. The summed E-state index contributed by atoms with van der Waals surface area (Å²) < 4.78 is 5.95. The highest BCUT2D eigenvalue weighted by atomic mass is 16.5. The van der Waals surface area contributed by atoms with Gasteiger partial charge in [-0.2, -0.15) is 0 Å². The molecule has 0 atom stereocenters. The molecule has 0 aliphatic rings. The van der Waals surface area contributed by atoms with Crippen molar-refractivity contribution < 1.29 is 4.74 Å². The number of nitrogens with zero attached hydrogens (tertiary/aromatic N) is 3. The number of hydrogen-bond acceptors (Lipinski definition) is 4. The van der Waals surface area contributed by atoms with Crippen LogP contribution < -0.4 is 15.4 Å². The molecule has 0 amide bonds. The Morgan fingerprint density at radius 2 is 1.71 bits per heavy atom. The Morgan fingerprint density at radius 1 is 1.04 bits per heavy atom. The maximum atomic E-state index is 5.95. The van der Waals surface area contributed by atoms with E-state index >= 15 is 0 Å². The van der Waals surface area contributed by atoms with Crippen molar-refractivity contribution >= 4 is 5.96 Å². The summed E-state index contributed by atoms with van der Waals surface area (Å²) in [5, 5.41) is 6.79. The van der Waals surface area contributed by atoms with Gasteiger partial charge in [0, 0.05) is 43.8 Å². The summed E-state index contributed by atoms with van der Waals surface area (Å²) in [7, 11) is 4.10. The van der Waals surface area contributed by atoms with Crippen LogP contribution in [-0.2, 0) is 6.54 Å². The van der Waals surface area contributed by atoms with Gasteiger partial charge >= 0.3 is 0 Å². The molecule has 0 saturated carbocycles. The van der Waals surface area contributed by atoms with Crippen molar-refractivity contribution in [3.8, 4) is 5.75 Å². The number of aliphatic imine (C=N–C) groups is 1. The standard InChI is InChI=1S/C22H41N5O/c1-8-23-22(24-13-14-27(18(2)3)19(4)5)25-17-20-11-9-10-12-21(20)28-16-15-26(6)7/h9-12,18-19H,8,13-17H2,1-7H3,(H2,23,24,25). The van der Waals surface area contributed by atoms with E-state index in [-0.39, 0.29) is 0 Å². The highest BCUT2D eigenvalue weighted by Gasteiger charge is 2.12. The van der Waals surface area contributed by atoms with Crippen LogP contribution in [-0.4, -0.2) is 74.7 Å². The maximum Gasteiger partial charge on any atom is 0.191 e. The molecule has 28 heavy (non-hydrogen) atoms. The van der Waals surface area contributed by atoms with Gasteiger partial charge in [0.25, 0.3) is 0 Å². The SMILES string of the molecule is CCNC(=NCc1ccccc1OCCN(C)C)NCCN(C(C)C)C(C)C. The molecule has 6 nitrogen and oxygen atoms in total. The molecule has 0 aliphatic carbocycles. The Morgan fingerprint density at radius 3 is 2.32 bits per heavy atom. The summed E-state index contributed by atoms with van der Waals surface area (Å²) in [6, 6.07) is 9.21. The Bertz CT molecular complexity index is 564. The molecule has 0 radical (unpaired) electrons. The van der Waals surface area contributed by atoms with Gasteiger partial charge in [-0.25, -0.2) is 4.99 Å². The molecule has 0 heterocycles. The van der Waals surface area contributed by atoms with Gasteiger partial charge in [0.05, 0.1) is 6.54 Å². The van der Waals surface area contributed by atoms with Crippen LogP contribution in [0.25, 0.3) is 0 Å². The zero-order valence-electron chi connectivity index (χ0n) is 19.0. The zero-order valence-corrected chi connectivity index (χ0v) is 19.0. The molecule has 0 bridgehead atoms. The fraction of sp³-hybridized carbons (Fsp3) is 0.682. The normalized spacial score (nSPS) is 12.3. The minimum atomic E-state index is 0.535. The van der Waals surface area contributed by atoms with Gasteiger partial charge < -0.3 is 20.3 Å². The van der Waals surface area contributed by atoms with Crippen LogP contribution in [0.1, 0.15) is 40.2 Å². The lowest BCUT2D eigenvalue weighted by Crippen LogP contribution is -2.45. The van der Waals surface area contributed by atoms with Gasteiger partial charge in [-0.3, -0.25) is 4.90 Å². The molecule has 0 aromatic heterocycles. The van der Waals surface area contributed by atoms with Crippen molar-refractivity contribution in [3.63, 3.8) is 0 Å². The van der Waals surface area contributed by atoms with Crippen LogP contribution >= 0.6 is 0 Å². The van der Waals surface area contributed by atoms with E-state index in [4.69, 9.17) is 9.73 Å². The molecule has 160 valence electrons. The monoisotopic (exact) mass is 391 g/mol. The molecular formula is C22H41N5O. The van der Waals surface area contributed by atoms with Gasteiger partial charge in [0.1, 0.15) is 12.4 Å². The molecule has 0 spiro atoms. The molecule has 0 saturated heterocycles. The van der Waals surface area contributed by atoms with Gasteiger partial charge in [-0.05, 0) is 54.8 Å². The van der Waals surface area contributed by atoms with Crippen molar-refractivity contribution in [2.45, 2.75) is 53.2 Å². The minimum Gasteiger partial charge on any atom is -0.492 e. The van der Waals surface area contributed by atoms with E-state index in [0.29, 0.717) is 25.2 Å². The van der Waals surface area contributed by atoms with Gasteiger partial charge in [0.2, 0.25) is 0 Å². The summed E-state index contributed by atoms with van der Waals surface area (Å²) >= 11 is 0. The average molecular weight is 392 g/mol. The van der Waals surface area contributed by atoms with E-state index in [1.807, 2.05) is 32.3 Å². The number of ether oxygens (including phenoxy) is 1. The van der Waals surface area contributed by atoms with Crippen LogP contribution in [0.5, 0.6) is 5.75 Å². The van der Waals surface area contributed by atoms with E-state index in [0.717, 1.165) is 43.5 Å². The van der Waals surface area contributed by atoms with Crippen molar-refractivity contribution in [1.82, 2.24) is 20.4 Å². The van der Waals surface area contributed by atoms with Crippen molar-refractivity contribution in [1.29, 1.82) is 0 Å². The highest BCUT2D eigenvalue weighted by molar-refractivity contribution is 5.79. The molecule has 1 aromatic carbocycles. The lowest BCUT2D eigenvalue weighted by Gasteiger charge is -2.30. The lowest BCUT2D eigenvalue weighted by molar-refractivity contribution is 0.178. The second-order valence-electron chi connectivity index (χ2n) is 7.81. The molecule has 1 rings (SSSR count). The summed E-state index contributed by atoms with van der Waals surface area (Å²) in [6.07, 6.45) is 0. The topological polar surface area (TPSA) is 52.1 Å². The number of hydrogen-bond donors (Lipinski definition) is 2. The third-order valence-electron chi connectivity index (χ3n) is 4.51. The number of nitrogens with one attached hydrogen (secondary N) is 2. The summed E-state index contributed by atoms with van der Waals surface area (Å²) in [5.74, 6) is 1.76. The van der Waals surface area contributed by atoms with Gasteiger partial charge in [0.15, 0.2) is 5.96 Å². The van der Waals surface area contributed by atoms with E-state index in [1.54, 1.807) is 0 Å². The molecule has 0 fully saturated rings. The minimum absolute atomic E-state index is 0.535.